The normalized spacial score (nSPS) is 15.2. The summed E-state index contributed by atoms with van der Waals surface area (Å²) in [5.41, 5.74) is 6.24. The Balaban J connectivity index is 1.52. The average Bonchev–Trinajstić information content (AvgIpc) is 2.91. The van der Waals surface area contributed by atoms with Gasteiger partial charge in [0.05, 0.1) is 5.56 Å². The van der Waals surface area contributed by atoms with Crippen LogP contribution in [0.1, 0.15) is 35.2 Å². The number of piperidine rings is 1. The van der Waals surface area contributed by atoms with Crippen LogP contribution in [-0.4, -0.2) is 41.4 Å². The smallest absolute Gasteiger partial charge is 0.254 e. The molecule has 37 heavy (non-hydrogen) atoms. The van der Waals surface area contributed by atoms with Crippen LogP contribution in [0.5, 0.6) is 0 Å². The highest BCUT2D eigenvalue weighted by atomic mass is 19.2. The Hall–Kier alpha value is -4.35. The van der Waals surface area contributed by atoms with E-state index in [4.69, 9.17) is 5.73 Å². The molecule has 4 rings (SSSR count). The van der Waals surface area contributed by atoms with Crippen molar-refractivity contribution in [2.24, 2.45) is 5.73 Å². The molecule has 2 amide bonds. The maximum atomic E-state index is 14.0. The summed E-state index contributed by atoms with van der Waals surface area (Å²) >= 11 is 0. The van der Waals surface area contributed by atoms with Gasteiger partial charge in [0.1, 0.15) is 17.7 Å². The topological polar surface area (TPSA) is 125 Å². The quantitative estimate of drug-likeness (QED) is 0.340. The van der Waals surface area contributed by atoms with Crippen LogP contribution in [-0.2, 0) is 11.3 Å². The Bertz CT molecular complexity index is 1300. The highest BCUT2D eigenvalue weighted by Crippen LogP contribution is 2.27. The summed E-state index contributed by atoms with van der Waals surface area (Å²) in [4.78, 5) is 34.5. The van der Waals surface area contributed by atoms with Crippen molar-refractivity contribution >= 4 is 35.0 Å². The van der Waals surface area contributed by atoms with Gasteiger partial charge >= 0.3 is 0 Å². The molecule has 1 aliphatic rings. The molecule has 1 atom stereocenters. The van der Waals surface area contributed by atoms with Crippen LogP contribution in [0.3, 0.4) is 0 Å². The van der Waals surface area contributed by atoms with Crippen LogP contribution in [0.2, 0.25) is 0 Å². The van der Waals surface area contributed by atoms with Crippen LogP contribution in [0.15, 0.2) is 42.6 Å². The van der Waals surface area contributed by atoms with E-state index in [2.05, 4.69) is 30.8 Å². The van der Waals surface area contributed by atoms with Gasteiger partial charge in [-0.05, 0) is 55.7 Å². The van der Waals surface area contributed by atoms with Gasteiger partial charge in [-0.15, -0.1) is 0 Å². The predicted octanol–water partition coefficient (Wildman–Crippen LogP) is 3.45. The molecule has 3 aromatic rings. The van der Waals surface area contributed by atoms with Crippen LogP contribution < -0.4 is 26.6 Å². The van der Waals surface area contributed by atoms with E-state index in [9.17, 15) is 22.8 Å². The third-order valence-electron chi connectivity index (χ3n) is 6.13. The van der Waals surface area contributed by atoms with Crippen LogP contribution in [0, 0.1) is 17.5 Å². The molecular formula is C25H26F3N7O2. The van der Waals surface area contributed by atoms with Crippen LogP contribution in [0.4, 0.5) is 36.3 Å². The fourth-order valence-corrected chi connectivity index (χ4v) is 4.21. The second-order valence-corrected chi connectivity index (χ2v) is 8.49. The minimum absolute atomic E-state index is 0.0251. The number of nitrogens with one attached hydrogen (secondary N) is 3. The lowest BCUT2D eigenvalue weighted by molar-refractivity contribution is -0.122. The first-order valence-electron chi connectivity index (χ1n) is 11.7. The second-order valence-electron chi connectivity index (χ2n) is 8.49. The molecule has 9 nitrogen and oxygen atoms in total. The molecule has 1 fully saturated rings. The van der Waals surface area contributed by atoms with Gasteiger partial charge in [0.15, 0.2) is 11.6 Å². The van der Waals surface area contributed by atoms with Crippen molar-refractivity contribution in [3.63, 3.8) is 0 Å². The number of hydrogen-bond acceptors (Lipinski definition) is 7. The van der Waals surface area contributed by atoms with Crippen molar-refractivity contribution in [1.82, 2.24) is 15.3 Å². The summed E-state index contributed by atoms with van der Waals surface area (Å²) in [6, 6.07) is 8.59. The van der Waals surface area contributed by atoms with Gasteiger partial charge in [0.2, 0.25) is 11.9 Å². The molecule has 0 aliphatic carbocycles. The predicted molar refractivity (Wildman–Crippen MR) is 133 cm³/mol. The summed E-state index contributed by atoms with van der Waals surface area (Å²) in [6.07, 6.45) is 3.93. The van der Waals surface area contributed by atoms with Crippen molar-refractivity contribution in [2.75, 3.05) is 29.1 Å². The number of hydrogen-bond donors (Lipinski definition) is 4. The van der Waals surface area contributed by atoms with E-state index in [0.717, 1.165) is 37.6 Å². The van der Waals surface area contributed by atoms with Crippen molar-refractivity contribution in [2.45, 2.75) is 31.8 Å². The number of primary amides is 1. The van der Waals surface area contributed by atoms with Crippen molar-refractivity contribution in [3.05, 3.63) is 71.2 Å². The Morgan fingerprint density at radius 1 is 1.08 bits per heavy atom. The molecule has 0 unspecified atom stereocenters. The molecule has 0 saturated carbocycles. The number of carbonyl (C=O) groups is 2. The first-order valence-corrected chi connectivity index (χ1v) is 11.7. The van der Waals surface area contributed by atoms with E-state index >= 15 is 0 Å². The third-order valence-corrected chi connectivity index (χ3v) is 6.13. The number of rotatable bonds is 8. The summed E-state index contributed by atoms with van der Waals surface area (Å²) in [5.74, 6) is -4.37. The summed E-state index contributed by atoms with van der Waals surface area (Å²) in [7, 11) is 1.62. The molecule has 0 spiro atoms. The van der Waals surface area contributed by atoms with Gasteiger partial charge in [0.25, 0.3) is 5.91 Å². The molecule has 1 saturated heterocycles. The molecule has 2 heterocycles. The summed E-state index contributed by atoms with van der Waals surface area (Å²) < 4.78 is 41.6. The fraction of sp³-hybridized carbons (Fsp3) is 0.280. The van der Waals surface area contributed by atoms with Gasteiger partial charge in [-0.1, -0.05) is 0 Å². The molecule has 0 radical (unpaired) electrons. The molecule has 0 bridgehead atoms. The molecule has 194 valence electrons. The second kappa shape index (κ2) is 11.1. The minimum Gasteiger partial charge on any atom is -0.365 e. The Kier molecular flexibility index (Phi) is 7.75. The van der Waals surface area contributed by atoms with E-state index in [0.29, 0.717) is 11.8 Å². The van der Waals surface area contributed by atoms with Gasteiger partial charge in [-0.25, -0.2) is 18.2 Å². The fourth-order valence-electron chi connectivity index (χ4n) is 4.21. The third kappa shape index (κ3) is 5.74. The maximum absolute atomic E-state index is 14.0. The van der Waals surface area contributed by atoms with E-state index < -0.39 is 35.5 Å². The first kappa shape index (κ1) is 25.7. The van der Waals surface area contributed by atoms with E-state index in [1.807, 2.05) is 12.1 Å². The molecule has 1 aromatic heterocycles. The highest BCUT2D eigenvalue weighted by Gasteiger charge is 2.28. The Labute approximate surface area is 211 Å². The van der Waals surface area contributed by atoms with Gasteiger partial charge in [-0.3, -0.25) is 9.59 Å². The number of aromatic nitrogens is 2. The molecule has 1 aliphatic heterocycles. The number of amides is 2. The molecular weight excluding hydrogens is 487 g/mol. The van der Waals surface area contributed by atoms with Gasteiger partial charge in [-0.2, -0.15) is 4.98 Å². The van der Waals surface area contributed by atoms with E-state index in [1.165, 1.54) is 6.20 Å². The molecule has 12 heteroatoms. The largest absolute Gasteiger partial charge is 0.365 e. The Morgan fingerprint density at radius 2 is 1.81 bits per heavy atom. The lowest BCUT2D eigenvalue weighted by Crippen LogP contribution is -2.48. The number of halogens is 3. The first-order chi connectivity index (χ1) is 17.8. The Morgan fingerprint density at radius 3 is 2.51 bits per heavy atom. The van der Waals surface area contributed by atoms with E-state index in [-0.39, 0.29) is 29.3 Å². The van der Waals surface area contributed by atoms with Crippen molar-refractivity contribution in [1.29, 1.82) is 0 Å². The zero-order chi connectivity index (χ0) is 26.5. The van der Waals surface area contributed by atoms with Crippen molar-refractivity contribution < 1.29 is 22.8 Å². The zero-order valence-electron chi connectivity index (χ0n) is 20.0. The SMILES string of the molecule is CNC(=O)[C@@H]1CCCCN1c1ccc(Nc2ncc(C(N)=O)c(NCc3c(F)ccc(F)c3F)n2)cc1. The van der Waals surface area contributed by atoms with E-state index in [1.54, 1.807) is 19.2 Å². The lowest BCUT2D eigenvalue weighted by Gasteiger charge is -2.36. The summed E-state index contributed by atoms with van der Waals surface area (Å²) in [6.45, 7) is 0.285. The molecule has 2 aromatic carbocycles. The highest BCUT2D eigenvalue weighted by molar-refractivity contribution is 5.97. The lowest BCUT2D eigenvalue weighted by atomic mass is 10.0. The number of likely N-dealkylation sites (N-methyl/N-ethyl adjacent to an activating group) is 1. The average molecular weight is 514 g/mol. The van der Waals surface area contributed by atoms with Crippen LogP contribution >= 0.6 is 0 Å². The zero-order valence-corrected chi connectivity index (χ0v) is 20.0. The summed E-state index contributed by atoms with van der Waals surface area (Å²) in [5, 5.41) is 8.35. The molecule has 5 N–H and O–H groups in total. The van der Waals surface area contributed by atoms with Gasteiger partial charge < -0.3 is 26.6 Å². The van der Waals surface area contributed by atoms with Gasteiger partial charge in [0, 0.05) is 43.3 Å². The number of anilines is 4. The maximum Gasteiger partial charge on any atom is 0.254 e. The number of nitrogens with zero attached hydrogens (tertiary/aromatic N) is 3. The van der Waals surface area contributed by atoms with Crippen LogP contribution in [0.25, 0.3) is 0 Å². The minimum atomic E-state index is -1.34. The number of carbonyl (C=O) groups excluding carboxylic acids is 2. The number of benzene rings is 2. The van der Waals surface area contributed by atoms with Crippen molar-refractivity contribution in [3.8, 4) is 0 Å². The number of nitrogens with two attached hydrogens (primary N) is 1. The monoisotopic (exact) mass is 513 g/mol. The standard InChI is InChI=1S/C25H26F3N7O2/c1-30-24(37)20-4-2-3-11-35(20)15-7-5-14(6-8-15)33-25-32-13-17(22(29)36)23(34-25)31-12-16-18(26)9-10-19(27)21(16)28/h5-10,13,20H,2-4,11-12H2,1H3,(H2,29,36)(H,30,37)(H2,31,32,33,34)/t20-/m0/s1.